The lowest BCUT2D eigenvalue weighted by Gasteiger charge is -2.36. The van der Waals surface area contributed by atoms with Gasteiger partial charge in [0.25, 0.3) is 23.6 Å². The molecule has 0 aliphatic carbocycles. The number of fused-ring (bicyclic) bond motifs is 2. The fraction of sp³-hybridized carbons (Fsp3) is 0.104. The highest BCUT2D eigenvalue weighted by Gasteiger charge is 2.46. The lowest BCUT2D eigenvalue weighted by Crippen LogP contribution is -2.53. The topological polar surface area (TPSA) is 152 Å². The van der Waals surface area contributed by atoms with Crippen LogP contribution < -0.4 is 18.9 Å². The number of rotatable bonds is 22. The molecule has 0 aromatic heterocycles. The molecule has 0 spiro atoms. The van der Waals surface area contributed by atoms with E-state index in [9.17, 15) is 0 Å². The van der Waals surface area contributed by atoms with E-state index >= 15 is 28.8 Å². The zero-order chi connectivity index (χ0) is 75.3. The predicted octanol–water partition coefficient (Wildman–Crippen LogP) is 21.6. The average Bonchev–Trinajstić information content (AvgIpc) is 0.670. The van der Waals surface area contributed by atoms with Crippen LogP contribution in [0.1, 0.15) is 80.3 Å². The fourth-order valence-corrected chi connectivity index (χ4v) is 15.6. The van der Waals surface area contributed by atoms with Gasteiger partial charge in [-0.25, -0.2) is 0 Å². The standard InChI is InChI=1S/C96H72N4O10/c1-5-97(57-61-29-13-7-14-30-61)91(101)59(3)99-93(103)75-53-79(107-71-45-25-41-67(49-71)63-33-17-9-18-34-63)85-87-81(109-73-47-27-43-69(51-73)65-37-21-11-22-38-65)55-77-84-78(96(106)100(95(77)105)60(4)92(102)98(6-2)58-62-31-15-8-16-32-62)56-82(110-74-48-28-44-70(52-74)66-39-23-12-24-40-66)88(90(84)87)86-80(54-76(94(99)104)83(75)89(85)86)108-72-46-26-42-68(50-72)64-35-19-10-20-36-64/h7-56,59-60H,5-6,57-58H2,1-4H3. The Kier molecular flexibility index (Phi) is 18.3. The van der Waals surface area contributed by atoms with E-state index in [1.54, 1.807) is 47.9 Å². The first-order chi connectivity index (χ1) is 53.8. The van der Waals surface area contributed by atoms with Gasteiger partial charge >= 0.3 is 0 Å². The van der Waals surface area contributed by atoms with Gasteiger partial charge in [-0.05, 0) is 156 Å². The number of carbonyl (C=O) groups excluding carboxylic acids is 6. The maximum Gasteiger partial charge on any atom is 0.262 e. The van der Waals surface area contributed by atoms with E-state index in [1.807, 2.05) is 293 Å². The molecule has 0 saturated carbocycles. The van der Waals surface area contributed by atoms with E-state index < -0.39 is 47.5 Å². The minimum Gasteiger partial charge on any atom is -0.457 e. The van der Waals surface area contributed by atoms with Crippen molar-refractivity contribution in [1.29, 1.82) is 0 Å². The number of nitrogens with zero attached hydrogens (tertiary/aromatic N) is 4. The zero-order valence-corrected chi connectivity index (χ0v) is 60.7. The maximum atomic E-state index is 16.5. The first-order valence-electron chi connectivity index (χ1n) is 36.9. The summed E-state index contributed by atoms with van der Waals surface area (Å²) in [6.45, 7) is 7.83. The molecule has 536 valence electrons. The molecule has 0 saturated heterocycles. The molecule has 17 rings (SSSR count). The van der Waals surface area contributed by atoms with Crippen molar-refractivity contribution in [2.45, 2.75) is 52.9 Å². The maximum absolute atomic E-state index is 16.5. The van der Waals surface area contributed by atoms with Crippen molar-refractivity contribution >= 4 is 78.5 Å². The molecular formula is C96H72N4O10. The number of likely N-dealkylation sites (N-methyl/N-ethyl adjacent to an activating group) is 2. The van der Waals surface area contributed by atoms with Gasteiger partial charge in [-0.3, -0.25) is 38.6 Å². The van der Waals surface area contributed by atoms with Gasteiger partial charge < -0.3 is 28.7 Å². The Bertz CT molecular complexity index is 5470. The second-order valence-electron chi connectivity index (χ2n) is 27.7. The third-order valence-electron chi connectivity index (χ3n) is 20.9. The number of benzene rings is 15. The first kappa shape index (κ1) is 69.1. The summed E-state index contributed by atoms with van der Waals surface area (Å²) in [5, 5.41) is 2.14. The van der Waals surface area contributed by atoms with Gasteiger partial charge in [0.2, 0.25) is 11.8 Å². The Morgan fingerprint density at radius 2 is 0.509 bits per heavy atom. The molecule has 2 aliphatic heterocycles. The second kappa shape index (κ2) is 29.1. The van der Waals surface area contributed by atoms with Gasteiger partial charge in [-0.15, -0.1) is 0 Å². The van der Waals surface area contributed by atoms with Crippen LogP contribution in [-0.2, 0) is 22.7 Å². The Morgan fingerprint density at radius 3 is 0.745 bits per heavy atom. The van der Waals surface area contributed by atoms with Crippen LogP contribution in [0.15, 0.2) is 303 Å². The molecule has 2 heterocycles. The number of carbonyl (C=O) groups is 6. The summed E-state index contributed by atoms with van der Waals surface area (Å²) >= 11 is 0. The Hall–Kier alpha value is -14.0. The van der Waals surface area contributed by atoms with E-state index in [4.69, 9.17) is 18.9 Å². The third-order valence-corrected chi connectivity index (χ3v) is 20.9. The van der Waals surface area contributed by atoms with Crippen molar-refractivity contribution < 1.29 is 47.7 Å². The van der Waals surface area contributed by atoms with Crippen molar-refractivity contribution in [3.05, 3.63) is 337 Å². The van der Waals surface area contributed by atoms with Crippen molar-refractivity contribution in [3.8, 4) is 90.5 Å². The lowest BCUT2D eigenvalue weighted by atomic mass is 9.80. The molecule has 15 aromatic carbocycles. The van der Waals surface area contributed by atoms with Crippen LogP contribution in [0.2, 0.25) is 0 Å². The van der Waals surface area contributed by atoms with Crippen molar-refractivity contribution in [2.24, 2.45) is 0 Å². The number of imide groups is 2. The van der Waals surface area contributed by atoms with Gasteiger partial charge in [-0.2, -0.15) is 0 Å². The van der Waals surface area contributed by atoms with Crippen LogP contribution in [0.25, 0.3) is 87.6 Å². The Balaban J connectivity index is 1.01. The molecule has 2 atom stereocenters. The zero-order valence-electron chi connectivity index (χ0n) is 60.7. The normalized spacial score (nSPS) is 13.1. The van der Waals surface area contributed by atoms with Gasteiger partial charge in [0.1, 0.15) is 58.1 Å². The van der Waals surface area contributed by atoms with Crippen molar-refractivity contribution in [2.75, 3.05) is 13.1 Å². The fourth-order valence-electron chi connectivity index (χ4n) is 15.6. The number of hydrogen-bond acceptors (Lipinski definition) is 10. The van der Waals surface area contributed by atoms with E-state index in [-0.39, 0.29) is 93.0 Å². The summed E-state index contributed by atoms with van der Waals surface area (Å²) in [5.74, 6) is -2.24. The summed E-state index contributed by atoms with van der Waals surface area (Å²) in [4.78, 5) is 102. The molecule has 14 heteroatoms. The van der Waals surface area contributed by atoms with Crippen molar-refractivity contribution in [3.63, 3.8) is 0 Å². The summed E-state index contributed by atoms with van der Waals surface area (Å²) in [6.07, 6.45) is 0. The number of amides is 6. The van der Waals surface area contributed by atoms with Gasteiger partial charge in [0.05, 0.1) is 22.3 Å². The van der Waals surface area contributed by atoms with Gasteiger partial charge in [-0.1, -0.05) is 231 Å². The molecule has 0 N–H and O–H groups in total. The van der Waals surface area contributed by atoms with Crippen LogP contribution >= 0.6 is 0 Å². The van der Waals surface area contributed by atoms with E-state index in [2.05, 4.69) is 0 Å². The SMILES string of the molecule is CCN(Cc1ccccc1)C(=O)C(C)N1C(=O)c2cc(Oc3cccc(-c4ccccc4)c3)c3c4c(Oc5cccc(-c6ccccc6)c5)cc5c6c(cc(Oc7cccc(-c8ccccc8)c7)c(c7c(Oc8cccc(-c9ccccc9)c8)cc(c2c37)C1=O)c64)C(=O)N(C(C)C(=O)N(CC)Cc1ccccc1)C5=O. The minimum atomic E-state index is -1.34. The van der Waals surface area contributed by atoms with Crippen LogP contribution in [0, 0.1) is 0 Å². The van der Waals surface area contributed by atoms with Crippen LogP contribution in [0.4, 0.5) is 0 Å². The largest absolute Gasteiger partial charge is 0.457 e. The average molecular weight is 1440 g/mol. The monoisotopic (exact) mass is 1440 g/mol. The molecule has 110 heavy (non-hydrogen) atoms. The molecular weight excluding hydrogens is 1370 g/mol. The molecule has 15 aromatic rings. The van der Waals surface area contributed by atoms with Crippen molar-refractivity contribution in [1.82, 2.24) is 19.6 Å². The number of hydrogen-bond donors (Lipinski definition) is 0. The summed E-state index contributed by atoms with van der Waals surface area (Å²) in [5.41, 5.74) is 8.66. The van der Waals surface area contributed by atoms with E-state index in [0.717, 1.165) is 65.4 Å². The molecule has 0 fully saturated rings. The van der Waals surface area contributed by atoms with Crippen LogP contribution in [0.5, 0.6) is 46.0 Å². The molecule has 2 aliphatic rings. The smallest absolute Gasteiger partial charge is 0.262 e. The Morgan fingerprint density at radius 1 is 0.282 bits per heavy atom. The van der Waals surface area contributed by atoms with Gasteiger partial charge in [0.15, 0.2) is 0 Å². The third kappa shape index (κ3) is 12.6. The highest BCUT2D eigenvalue weighted by molar-refractivity contribution is 6.45. The van der Waals surface area contributed by atoms with Gasteiger partial charge in [0, 0.05) is 69.3 Å². The van der Waals surface area contributed by atoms with E-state index in [1.165, 1.54) is 0 Å². The summed E-state index contributed by atoms with van der Waals surface area (Å²) < 4.78 is 30.0. The molecule has 0 radical (unpaired) electrons. The van der Waals surface area contributed by atoms with Crippen LogP contribution in [0.3, 0.4) is 0 Å². The molecule has 6 amide bonds. The number of ether oxygens (including phenoxy) is 4. The second-order valence-corrected chi connectivity index (χ2v) is 27.7. The summed E-state index contributed by atoms with van der Waals surface area (Å²) in [7, 11) is 0. The molecule has 2 unspecified atom stereocenters. The highest BCUT2D eigenvalue weighted by atomic mass is 16.5. The molecule has 0 bridgehead atoms. The minimum absolute atomic E-state index is 0.0235. The summed E-state index contributed by atoms with van der Waals surface area (Å²) in [6, 6.07) is 92.5. The lowest BCUT2D eigenvalue weighted by molar-refractivity contribution is -0.136. The quantitative estimate of drug-likeness (QED) is 0.0364. The highest BCUT2D eigenvalue weighted by Crippen LogP contribution is 2.58. The predicted molar refractivity (Wildman–Crippen MR) is 430 cm³/mol. The Labute approximate surface area is 635 Å². The molecule has 14 nitrogen and oxygen atoms in total. The first-order valence-corrected chi connectivity index (χ1v) is 36.9. The van der Waals surface area contributed by atoms with Crippen LogP contribution in [-0.4, -0.2) is 80.2 Å². The van der Waals surface area contributed by atoms with E-state index in [0.29, 0.717) is 44.5 Å².